The van der Waals surface area contributed by atoms with E-state index < -0.39 is 0 Å². The van der Waals surface area contributed by atoms with Gasteiger partial charge in [0.15, 0.2) is 0 Å². The summed E-state index contributed by atoms with van der Waals surface area (Å²) in [6.45, 7) is 19.7. The lowest BCUT2D eigenvalue weighted by atomic mass is 9.93. The highest BCUT2D eigenvalue weighted by molar-refractivity contribution is 5.58. The van der Waals surface area contributed by atoms with Gasteiger partial charge in [0, 0.05) is 5.56 Å². The summed E-state index contributed by atoms with van der Waals surface area (Å²) in [6.07, 6.45) is 13.6. The van der Waals surface area contributed by atoms with Crippen molar-refractivity contribution in [3.05, 3.63) is 68.3 Å². The molecule has 33 heavy (non-hydrogen) atoms. The maximum Gasteiger partial charge on any atom is 0.126 e. The van der Waals surface area contributed by atoms with E-state index >= 15 is 0 Å². The minimum absolute atomic E-state index is 0.867. The molecule has 0 saturated carbocycles. The van der Waals surface area contributed by atoms with E-state index in [9.17, 15) is 0 Å². The quantitative estimate of drug-likeness (QED) is 0.294. The second-order valence-corrected chi connectivity index (χ2v) is 9.85. The summed E-state index contributed by atoms with van der Waals surface area (Å²) < 4.78 is 11.5. The van der Waals surface area contributed by atoms with Gasteiger partial charge in [-0.2, -0.15) is 0 Å². The Balaban J connectivity index is 2.88. The molecule has 0 aliphatic heterocycles. The van der Waals surface area contributed by atoms with Crippen molar-refractivity contribution in [3.8, 4) is 11.5 Å². The highest BCUT2D eigenvalue weighted by Crippen LogP contribution is 2.38. The summed E-state index contributed by atoms with van der Waals surface area (Å²) >= 11 is 0. The van der Waals surface area contributed by atoms with Crippen LogP contribution in [0.1, 0.15) is 95.9 Å². The third-order valence-corrected chi connectivity index (χ3v) is 6.69. The molecule has 0 aliphatic rings. The highest BCUT2D eigenvalue weighted by atomic mass is 16.5. The van der Waals surface area contributed by atoms with Crippen LogP contribution in [-0.4, -0.2) is 14.2 Å². The molecule has 0 spiro atoms. The number of hydrogen-bond acceptors (Lipinski definition) is 2. The maximum absolute atomic E-state index is 5.79. The summed E-state index contributed by atoms with van der Waals surface area (Å²) in [4.78, 5) is 0. The summed E-state index contributed by atoms with van der Waals surface area (Å²) in [5.74, 6) is 1.97. The normalized spacial score (nSPS) is 12.0. The molecule has 0 bridgehead atoms. The monoisotopic (exact) mass is 452 g/mol. The van der Waals surface area contributed by atoms with Gasteiger partial charge in [-0.3, -0.25) is 0 Å². The number of rotatable bonds is 12. The number of ether oxygens (including phenoxy) is 2. The minimum atomic E-state index is 0.867. The summed E-state index contributed by atoms with van der Waals surface area (Å²) in [5, 5.41) is 0. The number of methoxy groups -OCH3 is 2. The van der Waals surface area contributed by atoms with Crippen LogP contribution in [0.3, 0.4) is 0 Å². The molecule has 184 valence electrons. The lowest BCUT2D eigenvalue weighted by Crippen LogP contribution is -2.03. The van der Waals surface area contributed by atoms with Crippen molar-refractivity contribution in [1.29, 1.82) is 0 Å². The standard InChI is InChI=1S/C31H48O2/c1-21(2)13-12-14-23(5)15-18-28(22(3)4)19-16-24(6)17-20-29-27(9)30(32-10)25(7)26(8)31(29)33-11/h13,15,17H,12,14,16,18-20H2,1-11H3/b23-15+,24-17+. The van der Waals surface area contributed by atoms with Crippen molar-refractivity contribution in [2.75, 3.05) is 14.2 Å². The van der Waals surface area contributed by atoms with Crippen LogP contribution in [0.25, 0.3) is 0 Å². The lowest BCUT2D eigenvalue weighted by Gasteiger charge is -2.20. The molecular formula is C31H48O2. The summed E-state index contributed by atoms with van der Waals surface area (Å²) in [5.41, 5.74) is 12.1. The minimum Gasteiger partial charge on any atom is -0.496 e. The Morgan fingerprint density at radius 2 is 1.24 bits per heavy atom. The van der Waals surface area contributed by atoms with Crippen LogP contribution in [0.4, 0.5) is 0 Å². The summed E-state index contributed by atoms with van der Waals surface area (Å²) in [7, 11) is 3.52. The van der Waals surface area contributed by atoms with Crippen molar-refractivity contribution in [3.63, 3.8) is 0 Å². The van der Waals surface area contributed by atoms with Gasteiger partial charge < -0.3 is 9.47 Å². The molecule has 1 rings (SSSR count). The van der Waals surface area contributed by atoms with Crippen molar-refractivity contribution in [1.82, 2.24) is 0 Å². The third-order valence-electron chi connectivity index (χ3n) is 6.69. The molecule has 0 unspecified atom stereocenters. The first-order chi connectivity index (χ1) is 15.5. The van der Waals surface area contributed by atoms with E-state index in [1.54, 1.807) is 19.8 Å². The van der Waals surface area contributed by atoms with Gasteiger partial charge >= 0.3 is 0 Å². The van der Waals surface area contributed by atoms with Crippen molar-refractivity contribution < 1.29 is 9.47 Å². The zero-order valence-electron chi connectivity index (χ0n) is 23.3. The fourth-order valence-corrected chi connectivity index (χ4v) is 4.25. The molecule has 1 aromatic carbocycles. The first kappa shape index (κ1) is 28.8. The van der Waals surface area contributed by atoms with Gasteiger partial charge in [-0.1, -0.05) is 46.1 Å². The average molecular weight is 453 g/mol. The highest BCUT2D eigenvalue weighted by Gasteiger charge is 2.17. The first-order valence-corrected chi connectivity index (χ1v) is 12.3. The van der Waals surface area contributed by atoms with Gasteiger partial charge in [-0.25, -0.2) is 0 Å². The molecule has 2 nitrogen and oxygen atoms in total. The van der Waals surface area contributed by atoms with Crippen LogP contribution in [-0.2, 0) is 6.42 Å². The molecule has 0 radical (unpaired) electrons. The van der Waals surface area contributed by atoms with E-state index in [0.717, 1.165) is 55.6 Å². The number of hydrogen-bond donors (Lipinski definition) is 0. The van der Waals surface area contributed by atoms with E-state index in [0.29, 0.717) is 0 Å². The third kappa shape index (κ3) is 8.91. The maximum atomic E-state index is 5.79. The molecule has 2 heteroatoms. The van der Waals surface area contributed by atoms with E-state index in [1.807, 2.05) is 0 Å². The molecule has 0 aromatic heterocycles. The molecule has 0 heterocycles. The molecule has 1 aromatic rings. The molecule has 0 N–H and O–H groups in total. The topological polar surface area (TPSA) is 18.5 Å². The average Bonchev–Trinajstić information content (AvgIpc) is 2.75. The van der Waals surface area contributed by atoms with Crippen LogP contribution in [0.15, 0.2) is 46.1 Å². The predicted octanol–water partition coefficient (Wildman–Crippen LogP) is 9.32. The Morgan fingerprint density at radius 1 is 0.667 bits per heavy atom. The van der Waals surface area contributed by atoms with Crippen molar-refractivity contribution in [2.24, 2.45) is 0 Å². The molecule has 0 aliphatic carbocycles. The zero-order chi connectivity index (χ0) is 25.1. The van der Waals surface area contributed by atoms with Crippen LogP contribution in [0.5, 0.6) is 11.5 Å². The molecule has 0 fully saturated rings. The largest absolute Gasteiger partial charge is 0.496 e. The SMILES string of the molecule is COc1c(C)c(C)c(OC)c(C/C=C(\C)CCC(C/C=C(\C)CCC=C(C)C)=C(C)C)c1C. The van der Waals surface area contributed by atoms with E-state index in [-0.39, 0.29) is 0 Å². The van der Waals surface area contributed by atoms with Gasteiger partial charge in [0.2, 0.25) is 0 Å². The van der Waals surface area contributed by atoms with Gasteiger partial charge in [-0.15, -0.1) is 0 Å². The second-order valence-electron chi connectivity index (χ2n) is 9.85. The molecule has 0 amide bonds. The lowest BCUT2D eigenvalue weighted by molar-refractivity contribution is 0.391. The van der Waals surface area contributed by atoms with E-state index in [2.05, 4.69) is 80.5 Å². The summed E-state index contributed by atoms with van der Waals surface area (Å²) in [6, 6.07) is 0. The Kier molecular flexibility index (Phi) is 12.3. The van der Waals surface area contributed by atoms with Crippen molar-refractivity contribution >= 4 is 0 Å². The van der Waals surface area contributed by atoms with Crippen LogP contribution in [0.2, 0.25) is 0 Å². The van der Waals surface area contributed by atoms with E-state index in [4.69, 9.17) is 9.47 Å². The fourth-order valence-electron chi connectivity index (χ4n) is 4.25. The smallest absolute Gasteiger partial charge is 0.126 e. The van der Waals surface area contributed by atoms with Crippen LogP contribution in [0, 0.1) is 20.8 Å². The molecular weight excluding hydrogens is 404 g/mol. The number of benzene rings is 1. The fraction of sp³-hybridized carbons (Fsp3) is 0.548. The second kappa shape index (κ2) is 14.1. The first-order valence-electron chi connectivity index (χ1n) is 12.3. The van der Waals surface area contributed by atoms with E-state index in [1.165, 1.54) is 39.0 Å². The predicted molar refractivity (Wildman–Crippen MR) is 146 cm³/mol. The van der Waals surface area contributed by atoms with Crippen molar-refractivity contribution in [2.45, 2.75) is 101 Å². The molecule has 0 atom stereocenters. The van der Waals surface area contributed by atoms with Gasteiger partial charge in [0.1, 0.15) is 11.5 Å². The van der Waals surface area contributed by atoms with Crippen LogP contribution < -0.4 is 9.47 Å². The Hall–Kier alpha value is -2.22. The Morgan fingerprint density at radius 3 is 1.79 bits per heavy atom. The van der Waals surface area contributed by atoms with Gasteiger partial charge in [0.25, 0.3) is 0 Å². The number of allylic oxidation sites excluding steroid dienone is 8. The Labute approximate surface area is 204 Å². The Bertz CT molecular complexity index is 915. The zero-order valence-corrected chi connectivity index (χ0v) is 23.3. The van der Waals surface area contributed by atoms with Crippen LogP contribution >= 0.6 is 0 Å². The van der Waals surface area contributed by atoms with Gasteiger partial charge in [-0.05, 0) is 118 Å². The van der Waals surface area contributed by atoms with Gasteiger partial charge in [0.05, 0.1) is 14.2 Å². The molecule has 0 saturated heterocycles.